The summed E-state index contributed by atoms with van der Waals surface area (Å²) in [7, 11) is 1.53. The molecule has 0 spiro atoms. The highest BCUT2D eigenvalue weighted by molar-refractivity contribution is 5.91. The van der Waals surface area contributed by atoms with Crippen LogP contribution in [0.15, 0.2) is 48.5 Å². The summed E-state index contributed by atoms with van der Waals surface area (Å²) in [5.41, 5.74) is 2.73. The second kappa shape index (κ2) is 11.9. The Bertz CT molecular complexity index is 1150. The summed E-state index contributed by atoms with van der Waals surface area (Å²) in [5.74, 6) is -1.51. The first kappa shape index (κ1) is 24.8. The predicted molar refractivity (Wildman–Crippen MR) is 125 cm³/mol. The molecule has 1 atom stereocenters. The Balaban J connectivity index is 1.99. The Morgan fingerprint density at radius 1 is 1.12 bits per heavy atom. The first-order valence-corrected chi connectivity index (χ1v) is 11.0. The van der Waals surface area contributed by atoms with E-state index < -0.39 is 30.4 Å². The molecule has 180 valence electrons. The Hall–Kier alpha value is -3.79. The third-order valence-electron chi connectivity index (χ3n) is 5.28. The number of para-hydroxylation sites is 1. The summed E-state index contributed by atoms with van der Waals surface area (Å²) in [5, 5.41) is 10.9. The third-order valence-corrected chi connectivity index (χ3v) is 5.28. The van der Waals surface area contributed by atoms with E-state index in [0.717, 1.165) is 5.56 Å². The molecule has 3 aromatic rings. The minimum atomic E-state index is -1.05. The van der Waals surface area contributed by atoms with Gasteiger partial charge in [-0.1, -0.05) is 41.6 Å². The van der Waals surface area contributed by atoms with Gasteiger partial charge in [0.1, 0.15) is 24.6 Å². The van der Waals surface area contributed by atoms with E-state index in [4.69, 9.17) is 9.47 Å². The van der Waals surface area contributed by atoms with Crippen molar-refractivity contribution in [3.63, 3.8) is 0 Å². The van der Waals surface area contributed by atoms with E-state index in [9.17, 15) is 14.4 Å². The molecule has 0 aliphatic heterocycles. The number of aromatic nitrogens is 3. The van der Waals surface area contributed by atoms with Crippen LogP contribution in [0.25, 0.3) is 11.0 Å². The first-order valence-electron chi connectivity index (χ1n) is 11.0. The van der Waals surface area contributed by atoms with Crippen molar-refractivity contribution < 1.29 is 23.9 Å². The van der Waals surface area contributed by atoms with Gasteiger partial charge in [-0.2, -0.15) is 0 Å². The maximum Gasteiger partial charge on any atom is 0.325 e. The van der Waals surface area contributed by atoms with Crippen molar-refractivity contribution in [3.8, 4) is 0 Å². The maximum absolute atomic E-state index is 13.6. The van der Waals surface area contributed by atoms with Gasteiger partial charge < -0.3 is 19.7 Å². The van der Waals surface area contributed by atoms with Gasteiger partial charge in [0, 0.05) is 13.7 Å². The molecular formula is C24H29N5O5. The molecule has 0 aliphatic rings. The number of nitrogens with zero attached hydrogens (tertiary/aromatic N) is 4. The van der Waals surface area contributed by atoms with Gasteiger partial charge in [-0.3, -0.25) is 14.4 Å². The van der Waals surface area contributed by atoms with Crippen molar-refractivity contribution in [2.45, 2.75) is 26.4 Å². The van der Waals surface area contributed by atoms with Crippen LogP contribution >= 0.6 is 0 Å². The minimum absolute atomic E-state index is 0.156. The molecule has 3 rings (SSSR count). The maximum atomic E-state index is 13.6. The van der Waals surface area contributed by atoms with Crippen LogP contribution in [-0.2, 0) is 30.4 Å². The van der Waals surface area contributed by atoms with Crippen LogP contribution < -0.4 is 5.32 Å². The van der Waals surface area contributed by atoms with E-state index in [1.165, 1.54) is 16.7 Å². The van der Waals surface area contributed by atoms with Crippen molar-refractivity contribution >= 4 is 28.8 Å². The average molecular weight is 468 g/mol. The zero-order valence-corrected chi connectivity index (χ0v) is 19.6. The van der Waals surface area contributed by atoms with E-state index in [1.54, 1.807) is 31.2 Å². The average Bonchev–Trinajstić information content (AvgIpc) is 3.23. The lowest BCUT2D eigenvalue weighted by Crippen LogP contribution is -2.48. The molecule has 0 saturated heterocycles. The SMILES string of the molecule is CCOC(=O)CN(C(=O)Cn1nnc2ccccc21)[C@@H](C(=O)NCCOC)c1ccccc1C. The number of hydrogen-bond donors (Lipinski definition) is 1. The fraction of sp³-hybridized carbons (Fsp3) is 0.375. The molecule has 0 bridgehead atoms. The fourth-order valence-electron chi connectivity index (χ4n) is 3.64. The fourth-order valence-corrected chi connectivity index (χ4v) is 3.64. The lowest BCUT2D eigenvalue weighted by Gasteiger charge is -2.31. The first-order chi connectivity index (χ1) is 16.5. The third kappa shape index (κ3) is 5.96. The molecule has 34 heavy (non-hydrogen) atoms. The molecule has 1 heterocycles. The number of esters is 1. The second-order valence-electron chi connectivity index (χ2n) is 7.61. The van der Waals surface area contributed by atoms with Gasteiger partial charge >= 0.3 is 5.97 Å². The van der Waals surface area contributed by atoms with Crippen LogP contribution in [0, 0.1) is 6.92 Å². The van der Waals surface area contributed by atoms with E-state index >= 15 is 0 Å². The summed E-state index contributed by atoms with van der Waals surface area (Å²) in [6.07, 6.45) is 0. The van der Waals surface area contributed by atoms with Crippen LogP contribution in [-0.4, -0.2) is 71.1 Å². The largest absolute Gasteiger partial charge is 0.465 e. The normalized spacial score (nSPS) is 11.7. The van der Waals surface area contributed by atoms with E-state index in [-0.39, 0.29) is 19.7 Å². The Morgan fingerprint density at radius 2 is 1.85 bits per heavy atom. The molecule has 10 heteroatoms. The van der Waals surface area contributed by atoms with Gasteiger partial charge in [-0.15, -0.1) is 5.10 Å². The van der Waals surface area contributed by atoms with E-state index in [2.05, 4.69) is 15.6 Å². The monoisotopic (exact) mass is 467 g/mol. The number of carbonyl (C=O) groups excluding carboxylic acids is 3. The van der Waals surface area contributed by atoms with Crippen molar-refractivity contribution in [2.75, 3.05) is 33.4 Å². The smallest absolute Gasteiger partial charge is 0.325 e. The van der Waals surface area contributed by atoms with E-state index in [0.29, 0.717) is 23.2 Å². The number of rotatable bonds is 11. The molecule has 0 saturated carbocycles. The van der Waals surface area contributed by atoms with Gasteiger partial charge in [-0.25, -0.2) is 4.68 Å². The summed E-state index contributed by atoms with van der Waals surface area (Å²) < 4.78 is 11.6. The van der Waals surface area contributed by atoms with Gasteiger partial charge in [0.05, 0.1) is 18.7 Å². The summed E-state index contributed by atoms with van der Waals surface area (Å²) in [6.45, 7) is 3.66. The van der Waals surface area contributed by atoms with Crippen LogP contribution in [0.1, 0.15) is 24.1 Å². The quantitative estimate of drug-likeness (QED) is 0.337. The number of nitrogens with one attached hydrogen (secondary N) is 1. The highest BCUT2D eigenvalue weighted by Gasteiger charge is 2.34. The Kier molecular flexibility index (Phi) is 8.69. The number of ether oxygens (including phenoxy) is 2. The minimum Gasteiger partial charge on any atom is -0.465 e. The molecule has 0 fully saturated rings. The molecule has 0 radical (unpaired) electrons. The number of methoxy groups -OCH3 is 1. The van der Waals surface area contributed by atoms with Gasteiger partial charge in [0.15, 0.2) is 0 Å². The Morgan fingerprint density at radius 3 is 2.59 bits per heavy atom. The molecule has 2 amide bonds. The number of fused-ring (bicyclic) bond motifs is 1. The number of amides is 2. The van der Waals surface area contributed by atoms with Crippen molar-refractivity contribution in [2.24, 2.45) is 0 Å². The summed E-state index contributed by atoms with van der Waals surface area (Å²) in [6, 6.07) is 13.4. The molecule has 2 aromatic carbocycles. The second-order valence-corrected chi connectivity index (χ2v) is 7.61. The zero-order chi connectivity index (χ0) is 24.5. The number of benzene rings is 2. The van der Waals surface area contributed by atoms with E-state index in [1.807, 2.05) is 31.2 Å². The van der Waals surface area contributed by atoms with Crippen LogP contribution in [0.2, 0.25) is 0 Å². The molecule has 1 N–H and O–H groups in total. The molecular weight excluding hydrogens is 438 g/mol. The predicted octanol–water partition coefficient (Wildman–Crippen LogP) is 1.64. The number of hydrogen-bond acceptors (Lipinski definition) is 7. The van der Waals surface area contributed by atoms with Crippen LogP contribution in [0.5, 0.6) is 0 Å². The van der Waals surface area contributed by atoms with Gasteiger partial charge in [-0.05, 0) is 37.1 Å². The number of aryl methyl sites for hydroxylation is 1. The lowest BCUT2D eigenvalue weighted by atomic mass is 9.98. The highest BCUT2D eigenvalue weighted by atomic mass is 16.5. The molecule has 1 aromatic heterocycles. The molecule has 0 aliphatic carbocycles. The van der Waals surface area contributed by atoms with Crippen molar-refractivity contribution in [1.29, 1.82) is 0 Å². The van der Waals surface area contributed by atoms with Gasteiger partial charge in [0.25, 0.3) is 0 Å². The van der Waals surface area contributed by atoms with Gasteiger partial charge in [0.2, 0.25) is 11.8 Å². The zero-order valence-electron chi connectivity index (χ0n) is 19.6. The van der Waals surface area contributed by atoms with Crippen molar-refractivity contribution in [3.05, 3.63) is 59.7 Å². The molecule has 0 unspecified atom stereocenters. The van der Waals surface area contributed by atoms with Crippen LogP contribution in [0.4, 0.5) is 0 Å². The highest BCUT2D eigenvalue weighted by Crippen LogP contribution is 2.25. The topological polar surface area (TPSA) is 116 Å². The molecule has 10 nitrogen and oxygen atoms in total. The Labute approximate surface area is 197 Å². The lowest BCUT2D eigenvalue weighted by molar-refractivity contribution is -0.152. The summed E-state index contributed by atoms with van der Waals surface area (Å²) in [4.78, 5) is 40.6. The van der Waals surface area contributed by atoms with Crippen LogP contribution in [0.3, 0.4) is 0 Å². The standard InChI is InChI=1S/C24H29N5O5/c1-4-34-22(31)16-28(21(30)15-29-20-12-8-7-11-19(20)26-27-29)23(24(32)25-13-14-33-3)18-10-6-5-9-17(18)2/h5-12,23H,4,13-16H2,1-3H3,(H,25,32)/t23-/m1/s1. The summed E-state index contributed by atoms with van der Waals surface area (Å²) >= 11 is 0. The number of carbonyl (C=O) groups is 3. The van der Waals surface area contributed by atoms with Crippen molar-refractivity contribution in [1.82, 2.24) is 25.2 Å².